The first kappa shape index (κ1) is 15.9. The predicted molar refractivity (Wildman–Crippen MR) is 95.5 cm³/mol. The average molecular weight is 335 g/mol. The van der Waals surface area contributed by atoms with Crippen molar-refractivity contribution in [3.05, 3.63) is 48.4 Å². The highest BCUT2D eigenvalue weighted by Gasteiger charge is 2.41. The lowest BCUT2D eigenvalue weighted by atomic mass is 9.90. The summed E-state index contributed by atoms with van der Waals surface area (Å²) < 4.78 is 6.27. The normalized spacial score (nSPS) is 23.5. The molecule has 128 valence electrons. The van der Waals surface area contributed by atoms with E-state index in [2.05, 4.69) is 31.9 Å². The summed E-state index contributed by atoms with van der Waals surface area (Å²) in [5.41, 5.74) is 1.60. The third-order valence-electron chi connectivity index (χ3n) is 5.00. The summed E-state index contributed by atoms with van der Waals surface area (Å²) in [7, 11) is 0. The number of aromatic nitrogens is 2. The fourth-order valence-corrected chi connectivity index (χ4v) is 3.83. The minimum absolute atomic E-state index is 0.198. The van der Waals surface area contributed by atoms with Crippen molar-refractivity contribution in [2.45, 2.75) is 18.4 Å². The van der Waals surface area contributed by atoms with Crippen LogP contribution in [0.2, 0.25) is 0 Å². The zero-order chi connectivity index (χ0) is 17.1. The Morgan fingerprint density at radius 3 is 2.92 bits per heavy atom. The lowest BCUT2D eigenvalue weighted by Crippen LogP contribution is -2.60. The molecule has 0 N–H and O–H groups in total. The van der Waals surface area contributed by atoms with Crippen LogP contribution in [0.5, 0.6) is 0 Å². The molecular formula is C19H21N5O. The smallest absolute Gasteiger partial charge is 0.147 e. The molecule has 0 amide bonds. The molecule has 4 rings (SSSR count). The molecule has 0 bridgehead atoms. The minimum Gasteiger partial charge on any atom is -0.369 e. The summed E-state index contributed by atoms with van der Waals surface area (Å²) in [5, 5.41) is 9.15. The molecule has 2 aliphatic heterocycles. The van der Waals surface area contributed by atoms with E-state index in [1.165, 1.54) is 0 Å². The largest absolute Gasteiger partial charge is 0.369 e. The quantitative estimate of drug-likeness (QED) is 0.838. The van der Waals surface area contributed by atoms with Gasteiger partial charge in [0, 0.05) is 37.7 Å². The van der Waals surface area contributed by atoms with E-state index in [1.807, 2.05) is 24.4 Å². The minimum atomic E-state index is -0.198. The molecule has 25 heavy (non-hydrogen) atoms. The Morgan fingerprint density at radius 2 is 2.08 bits per heavy atom. The second kappa shape index (κ2) is 6.69. The van der Waals surface area contributed by atoms with Crippen LogP contribution in [-0.2, 0) is 4.74 Å². The SMILES string of the molecule is N#Cc1cccc(N2CCC[C@@]3(C2)CN(c2cnccn2)CCO3)c1. The highest BCUT2D eigenvalue weighted by molar-refractivity contribution is 5.52. The Morgan fingerprint density at radius 1 is 1.16 bits per heavy atom. The molecule has 2 fully saturated rings. The van der Waals surface area contributed by atoms with Crippen LogP contribution in [-0.4, -0.2) is 48.4 Å². The lowest BCUT2D eigenvalue weighted by Gasteiger charge is -2.48. The van der Waals surface area contributed by atoms with E-state index in [0.29, 0.717) is 12.2 Å². The highest BCUT2D eigenvalue weighted by Crippen LogP contribution is 2.33. The first-order chi connectivity index (χ1) is 12.3. The molecule has 1 aromatic carbocycles. The Hall–Kier alpha value is -2.65. The van der Waals surface area contributed by atoms with Crippen LogP contribution >= 0.6 is 0 Å². The summed E-state index contributed by atoms with van der Waals surface area (Å²) in [6.45, 7) is 4.18. The van der Waals surface area contributed by atoms with Gasteiger partial charge in [0.05, 0.1) is 31.0 Å². The number of piperidine rings is 1. The van der Waals surface area contributed by atoms with E-state index >= 15 is 0 Å². The van der Waals surface area contributed by atoms with Gasteiger partial charge in [-0.25, -0.2) is 4.98 Å². The second-order valence-electron chi connectivity index (χ2n) is 6.70. The molecule has 6 heteroatoms. The third-order valence-corrected chi connectivity index (χ3v) is 5.00. The van der Waals surface area contributed by atoms with Gasteiger partial charge in [-0.2, -0.15) is 5.26 Å². The summed E-state index contributed by atoms with van der Waals surface area (Å²) in [5.74, 6) is 0.911. The summed E-state index contributed by atoms with van der Waals surface area (Å²) in [4.78, 5) is 13.2. The van der Waals surface area contributed by atoms with Crippen molar-refractivity contribution in [3.63, 3.8) is 0 Å². The summed E-state index contributed by atoms with van der Waals surface area (Å²) in [6, 6.07) is 10.0. The number of anilines is 2. The van der Waals surface area contributed by atoms with Crippen LogP contribution in [0, 0.1) is 11.3 Å². The van der Waals surface area contributed by atoms with E-state index in [9.17, 15) is 0 Å². The summed E-state index contributed by atoms with van der Waals surface area (Å²) in [6.07, 6.45) is 7.36. The average Bonchev–Trinajstić information content (AvgIpc) is 2.69. The number of nitrogens with zero attached hydrogens (tertiary/aromatic N) is 5. The number of morpholine rings is 1. The second-order valence-corrected chi connectivity index (χ2v) is 6.70. The summed E-state index contributed by atoms with van der Waals surface area (Å²) >= 11 is 0. The standard InChI is InChI=1S/C19H21N5O/c20-12-16-3-1-4-17(11-16)23-8-2-5-19(14-23)15-24(9-10-25-19)18-13-21-6-7-22-18/h1,3-4,6-7,11,13H,2,5,8-10,14-15H2/t19-/m1/s1. The van der Waals surface area contributed by atoms with Crippen molar-refractivity contribution in [3.8, 4) is 6.07 Å². The molecule has 0 saturated carbocycles. The van der Waals surface area contributed by atoms with Crippen LogP contribution in [0.1, 0.15) is 18.4 Å². The number of ether oxygens (including phenoxy) is 1. The maximum Gasteiger partial charge on any atom is 0.147 e. The number of hydrogen-bond donors (Lipinski definition) is 0. The molecule has 1 spiro atoms. The van der Waals surface area contributed by atoms with Gasteiger partial charge in [0.15, 0.2) is 0 Å². The van der Waals surface area contributed by atoms with E-state index in [4.69, 9.17) is 10.00 Å². The molecule has 2 aromatic rings. The molecule has 0 aliphatic carbocycles. The van der Waals surface area contributed by atoms with Crippen LogP contribution in [0.25, 0.3) is 0 Å². The molecular weight excluding hydrogens is 314 g/mol. The maximum absolute atomic E-state index is 9.15. The van der Waals surface area contributed by atoms with Crippen LogP contribution < -0.4 is 9.80 Å². The zero-order valence-corrected chi connectivity index (χ0v) is 14.1. The van der Waals surface area contributed by atoms with Gasteiger partial charge in [0.25, 0.3) is 0 Å². The maximum atomic E-state index is 9.15. The number of nitriles is 1. The number of benzene rings is 1. The predicted octanol–water partition coefficient (Wildman–Crippen LogP) is 2.22. The Labute approximate surface area is 147 Å². The molecule has 2 saturated heterocycles. The van der Waals surface area contributed by atoms with Gasteiger partial charge in [-0.15, -0.1) is 0 Å². The molecule has 2 aliphatic rings. The number of rotatable bonds is 2. The van der Waals surface area contributed by atoms with E-state index in [0.717, 1.165) is 50.5 Å². The van der Waals surface area contributed by atoms with Gasteiger partial charge in [-0.05, 0) is 31.0 Å². The van der Waals surface area contributed by atoms with E-state index in [-0.39, 0.29) is 5.60 Å². The van der Waals surface area contributed by atoms with Gasteiger partial charge in [0.1, 0.15) is 11.4 Å². The number of hydrogen-bond acceptors (Lipinski definition) is 6. The Bertz CT molecular complexity index is 771. The third kappa shape index (κ3) is 3.28. The highest BCUT2D eigenvalue weighted by atomic mass is 16.5. The van der Waals surface area contributed by atoms with Gasteiger partial charge in [-0.1, -0.05) is 6.07 Å². The zero-order valence-electron chi connectivity index (χ0n) is 14.1. The van der Waals surface area contributed by atoms with Crippen LogP contribution in [0.4, 0.5) is 11.5 Å². The van der Waals surface area contributed by atoms with Crippen molar-refractivity contribution < 1.29 is 4.74 Å². The van der Waals surface area contributed by atoms with Crippen LogP contribution in [0.3, 0.4) is 0 Å². The van der Waals surface area contributed by atoms with Gasteiger partial charge < -0.3 is 14.5 Å². The van der Waals surface area contributed by atoms with Crippen molar-refractivity contribution in [2.24, 2.45) is 0 Å². The monoisotopic (exact) mass is 335 g/mol. The van der Waals surface area contributed by atoms with Crippen molar-refractivity contribution >= 4 is 11.5 Å². The van der Waals surface area contributed by atoms with E-state index in [1.54, 1.807) is 12.4 Å². The fourth-order valence-electron chi connectivity index (χ4n) is 3.83. The van der Waals surface area contributed by atoms with Crippen molar-refractivity contribution in [1.29, 1.82) is 5.26 Å². The molecule has 3 heterocycles. The fraction of sp³-hybridized carbons (Fsp3) is 0.421. The van der Waals surface area contributed by atoms with Crippen molar-refractivity contribution in [1.82, 2.24) is 9.97 Å². The van der Waals surface area contributed by atoms with Gasteiger partial charge in [0.2, 0.25) is 0 Å². The first-order valence-corrected chi connectivity index (χ1v) is 8.68. The molecule has 0 unspecified atom stereocenters. The molecule has 1 atom stereocenters. The van der Waals surface area contributed by atoms with Gasteiger partial charge in [-0.3, -0.25) is 4.98 Å². The Balaban J connectivity index is 1.54. The first-order valence-electron chi connectivity index (χ1n) is 8.68. The Kier molecular flexibility index (Phi) is 4.24. The van der Waals surface area contributed by atoms with Crippen molar-refractivity contribution in [2.75, 3.05) is 42.6 Å². The van der Waals surface area contributed by atoms with Crippen LogP contribution in [0.15, 0.2) is 42.9 Å². The van der Waals surface area contributed by atoms with Gasteiger partial charge >= 0.3 is 0 Å². The topological polar surface area (TPSA) is 65.3 Å². The van der Waals surface area contributed by atoms with E-state index < -0.39 is 0 Å². The molecule has 6 nitrogen and oxygen atoms in total. The molecule has 0 radical (unpaired) electrons. The lowest BCUT2D eigenvalue weighted by molar-refractivity contribution is -0.0630. The molecule has 1 aromatic heterocycles.